The number of nitrogens with one attached hydrogen (secondary N) is 2. The van der Waals surface area contributed by atoms with E-state index in [1.807, 2.05) is 48.5 Å². The minimum atomic E-state index is -0.490. The van der Waals surface area contributed by atoms with E-state index in [1.165, 1.54) is 44.6 Å². The zero-order chi connectivity index (χ0) is 31.5. The minimum absolute atomic E-state index is 0.137. The first-order valence-corrected chi connectivity index (χ1v) is 15.8. The third-order valence-corrected chi connectivity index (χ3v) is 6.93. The number of anilines is 2. The van der Waals surface area contributed by atoms with Gasteiger partial charge in [0.1, 0.15) is 17.2 Å². The number of hydrogen-bond donors (Lipinski definition) is 2. The maximum atomic E-state index is 14.7. The molecule has 0 bridgehead atoms. The fraction of sp³-hybridized carbons (Fsp3) is 0.333. The second kappa shape index (κ2) is 18.8. The third-order valence-electron chi connectivity index (χ3n) is 6.93. The van der Waals surface area contributed by atoms with Crippen LogP contribution in [-0.2, 0) is 0 Å². The Morgan fingerprint density at radius 1 is 0.511 bits per heavy atom. The molecule has 0 fully saturated rings. The third kappa shape index (κ3) is 12.0. The monoisotopic (exact) mass is 610 g/mol. The molecule has 4 rings (SSSR count). The Labute approximate surface area is 265 Å². The van der Waals surface area contributed by atoms with E-state index in [4.69, 9.17) is 9.47 Å². The molecule has 0 amide bonds. The summed E-state index contributed by atoms with van der Waals surface area (Å²) in [5.74, 6) is 1.17. The first-order chi connectivity index (χ1) is 22.1. The van der Waals surface area contributed by atoms with Gasteiger partial charge in [-0.2, -0.15) is 15.3 Å². The molecule has 45 heavy (non-hydrogen) atoms. The summed E-state index contributed by atoms with van der Waals surface area (Å²) in [5.41, 5.74) is 9.58. The van der Waals surface area contributed by atoms with Gasteiger partial charge in [-0.25, -0.2) is 4.39 Å². The topological polar surface area (TPSA) is 92.0 Å². The van der Waals surface area contributed by atoms with Crippen LogP contribution in [0.3, 0.4) is 0 Å². The highest BCUT2D eigenvalue weighted by Crippen LogP contribution is 2.27. The Morgan fingerprint density at radius 3 is 1.47 bits per heavy atom. The van der Waals surface area contributed by atoms with Crippen molar-refractivity contribution < 1.29 is 13.9 Å². The lowest BCUT2D eigenvalue weighted by Crippen LogP contribution is -2.08. The Kier molecular flexibility index (Phi) is 13.8. The van der Waals surface area contributed by atoms with E-state index in [9.17, 15) is 4.39 Å². The molecule has 0 aliphatic carbocycles. The lowest BCUT2D eigenvalue weighted by molar-refractivity contribution is 0.305. The van der Waals surface area contributed by atoms with Crippen molar-refractivity contribution in [3.8, 4) is 11.5 Å². The Hall–Kier alpha value is -4.79. The van der Waals surface area contributed by atoms with Crippen LogP contribution in [0, 0.1) is 5.82 Å². The number of nitrogens with zero attached hydrogens (tertiary/aromatic N) is 4. The standard InChI is InChI=1S/C36H43FN6O2/c1-3-5-7-9-25-44-33-20-15-30(16-21-33)39-38-28-11-13-29(14-12-28)41-43-36-24-19-32(27-35(36)37)42-40-31-17-22-34(23-18-31)45-26-10-8-6-4-2/h11-24,27,40,42H,3-10,25-26H2,1-2H3. The molecule has 4 aromatic carbocycles. The number of unbranched alkanes of at least 4 members (excludes halogenated alkanes) is 6. The number of ether oxygens (including phenoxy) is 2. The van der Waals surface area contributed by atoms with Crippen LogP contribution >= 0.6 is 0 Å². The summed E-state index contributed by atoms with van der Waals surface area (Å²) < 4.78 is 26.3. The Morgan fingerprint density at radius 2 is 0.956 bits per heavy atom. The van der Waals surface area contributed by atoms with Crippen LogP contribution in [0.5, 0.6) is 11.5 Å². The van der Waals surface area contributed by atoms with E-state index in [0.717, 1.165) is 48.9 Å². The van der Waals surface area contributed by atoms with Gasteiger partial charge in [-0.1, -0.05) is 52.4 Å². The Bertz CT molecular complexity index is 1480. The van der Waals surface area contributed by atoms with Crippen molar-refractivity contribution >= 4 is 34.1 Å². The maximum Gasteiger partial charge on any atom is 0.152 e. The molecule has 0 heterocycles. The molecule has 4 aromatic rings. The largest absolute Gasteiger partial charge is 0.494 e. The average molecular weight is 611 g/mol. The van der Waals surface area contributed by atoms with Gasteiger partial charge in [0.15, 0.2) is 5.82 Å². The number of azo groups is 2. The van der Waals surface area contributed by atoms with Crippen LogP contribution in [-0.4, -0.2) is 13.2 Å². The lowest BCUT2D eigenvalue weighted by atomic mass is 10.2. The SMILES string of the molecule is CCCCCCOc1ccc(N=Nc2ccc(N=Nc3ccc(NNc4ccc(OCCCCCC)cc4)cc3F)cc2)cc1. The van der Waals surface area contributed by atoms with Crippen LogP contribution in [0.15, 0.2) is 111 Å². The van der Waals surface area contributed by atoms with Crippen molar-refractivity contribution in [1.29, 1.82) is 0 Å². The van der Waals surface area contributed by atoms with E-state index < -0.39 is 5.82 Å². The first-order valence-electron chi connectivity index (χ1n) is 15.8. The quantitative estimate of drug-likeness (QED) is 0.0627. The molecule has 9 heteroatoms. The highest BCUT2D eigenvalue weighted by Gasteiger charge is 2.04. The van der Waals surface area contributed by atoms with Crippen molar-refractivity contribution in [2.45, 2.75) is 65.2 Å². The summed E-state index contributed by atoms with van der Waals surface area (Å²) in [4.78, 5) is 0. The normalized spacial score (nSPS) is 11.3. The summed E-state index contributed by atoms with van der Waals surface area (Å²) in [7, 11) is 0. The zero-order valence-corrected chi connectivity index (χ0v) is 26.2. The van der Waals surface area contributed by atoms with Gasteiger partial charge in [0, 0.05) is 6.07 Å². The molecule has 0 radical (unpaired) electrons. The Balaban J connectivity index is 1.21. The van der Waals surface area contributed by atoms with E-state index in [-0.39, 0.29) is 5.69 Å². The summed E-state index contributed by atoms with van der Waals surface area (Å²) in [6, 6.07) is 27.0. The fourth-order valence-corrected chi connectivity index (χ4v) is 4.30. The van der Waals surface area contributed by atoms with Gasteiger partial charge in [0.2, 0.25) is 0 Å². The number of rotatable bonds is 19. The zero-order valence-electron chi connectivity index (χ0n) is 26.2. The molecule has 0 aliphatic heterocycles. The molecular formula is C36H43FN6O2. The number of halogens is 1. The smallest absolute Gasteiger partial charge is 0.152 e. The summed E-state index contributed by atoms with van der Waals surface area (Å²) in [6.07, 6.45) is 9.39. The van der Waals surface area contributed by atoms with Crippen molar-refractivity contribution in [3.05, 3.63) is 96.8 Å². The molecule has 0 aliphatic rings. The molecule has 2 N–H and O–H groups in total. The number of benzene rings is 4. The van der Waals surface area contributed by atoms with Crippen LogP contribution in [0.25, 0.3) is 0 Å². The van der Waals surface area contributed by atoms with Gasteiger partial charge in [-0.15, -0.1) is 5.11 Å². The van der Waals surface area contributed by atoms with E-state index in [0.29, 0.717) is 17.1 Å². The van der Waals surface area contributed by atoms with Crippen molar-refractivity contribution in [2.24, 2.45) is 20.5 Å². The van der Waals surface area contributed by atoms with Crippen molar-refractivity contribution in [3.63, 3.8) is 0 Å². The summed E-state index contributed by atoms with van der Waals surface area (Å²) in [6.45, 7) is 5.83. The molecule has 0 spiro atoms. The molecule has 0 saturated heterocycles. The second-order valence-electron chi connectivity index (χ2n) is 10.7. The molecule has 0 saturated carbocycles. The van der Waals surface area contributed by atoms with Crippen LogP contribution < -0.4 is 20.3 Å². The first kappa shape index (κ1) is 33.1. The molecule has 236 valence electrons. The molecule has 0 atom stereocenters. The van der Waals surface area contributed by atoms with E-state index >= 15 is 0 Å². The van der Waals surface area contributed by atoms with Crippen molar-refractivity contribution in [2.75, 3.05) is 24.1 Å². The van der Waals surface area contributed by atoms with Crippen LogP contribution in [0.2, 0.25) is 0 Å². The highest BCUT2D eigenvalue weighted by atomic mass is 19.1. The lowest BCUT2D eigenvalue weighted by Gasteiger charge is -2.11. The maximum absolute atomic E-state index is 14.7. The van der Waals surface area contributed by atoms with Gasteiger partial charge in [-0.05, 0) is 97.8 Å². The summed E-state index contributed by atoms with van der Waals surface area (Å²) in [5, 5.41) is 16.8. The number of hydrazine groups is 1. The van der Waals surface area contributed by atoms with E-state index in [2.05, 4.69) is 45.2 Å². The minimum Gasteiger partial charge on any atom is -0.494 e. The van der Waals surface area contributed by atoms with Gasteiger partial charge in [0.05, 0.1) is 41.7 Å². The predicted octanol–water partition coefficient (Wildman–Crippen LogP) is 12.0. The number of hydrogen-bond acceptors (Lipinski definition) is 8. The van der Waals surface area contributed by atoms with Gasteiger partial charge < -0.3 is 20.3 Å². The average Bonchev–Trinajstić information content (AvgIpc) is 3.07. The predicted molar refractivity (Wildman–Crippen MR) is 181 cm³/mol. The van der Waals surface area contributed by atoms with Crippen LogP contribution in [0.1, 0.15) is 65.2 Å². The molecule has 8 nitrogen and oxygen atoms in total. The molecular weight excluding hydrogens is 567 g/mol. The second-order valence-corrected chi connectivity index (χ2v) is 10.7. The highest BCUT2D eigenvalue weighted by molar-refractivity contribution is 5.57. The molecule has 0 aromatic heterocycles. The van der Waals surface area contributed by atoms with Crippen LogP contribution in [0.4, 0.5) is 38.5 Å². The van der Waals surface area contributed by atoms with Gasteiger partial charge >= 0.3 is 0 Å². The summed E-state index contributed by atoms with van der Waals surface area (Å²) >= 11 is 0. The van der Waals surface area contributed by atoms with Gasteiger partial charge in [-0.3, -0.25) is 0 Å². The molecule has 0 unspecified atom stereocenters. The van der Waals surface area contributed by atoms with E-state index in [1.54, 1.807) is 36.4 Å². The fourth-order valence-electron chi connectivity index (χ4n) is 4.30. The van der Waals surface area contributed by atoms with Gasteiger partial charge in [0.25, 0.3) is 0 Å². The van der Waals surface area contributed by atoms with Crippen molar-refractivity contribution in [1.82, 2.24) is 0 Å².